The van der Waals surface area contributed by atoms with Gasteiger partial charge in [0.2, 0.25) is 0 Å². The van der Waals surface area contributed by atoms with Crippen molar-refractivity contribution in [3.63, 3.8) is 0 Å². The minimum absolute atomic E-state index is 0.0272. The van der Waals surface area contributed by atoms with Crippen molar-refractivity contribution in [2.24, 2.45) is 0 Å². The Balaban J connectivity index is 1.69. The van der Waals surface area contributed by atoms with Gasteiger partial charge in [0, 0.05) is 34.1 Å². The summed E-state index contributed by atoms with van der Waals surface area (Å²) in [4.78, 5) is 31.0. The molecular formula is C22H20ClN3O3. The smallest absolute Gasteiger partial charge is 0.345 e. The topological polar surface area (TPSA) is 87.0 Å². The number of pyridine rings is 1. The van der Waals surface area contributed by atoms with Crippen LogP contribution in [0.25, 0.3) is 21.8 Å². The van der Waals surface area contributed by atoms with E-state index >= 15 is 0 Å². The molecule has 3 N–H and O–H groups in total. The number of esters is 1. The zero-order valence-electron chi connectivity index (χ0n) is 15.8. The van der Waals surface area contributed by atoms with Gasteiger partial charge in [0.1, 0.15) is 5.56 Å². The number of nitrogens with one attached hydrogen (secondary N) is 3. The first-order chi connectivity index (χ1) is 14.1. The van der Waals surface area contributed by atoms with Crippen LogP contribution in [0.1, 0.15) is 22.8 Å². The Hall–Kier alpha value is -3.25. The van der Waals surface area contributed by atoms with Crippen LogP contribution in [0.2, 0.25) is 5.02 Å². The molecule has 0 spiro atoms. The second-order valence-electron chi connectivity index (χ2n) is 6.65. The fourth-order valence-corrected chi connectivity index (χ4v) is 3.69. The number of anilines is 1. The quantitative estimate of drug-likeness (QED) is 0.409. The van der Waals surface area contributed by atoms with Crippen LogP contribution >= 0.6 is 11.6 Å². The van der Waals surface area contributed by atoms with Gasteiger partial charge in [0.15, 0.2) is 0 Å². The van der Waals surface area contributed by atoms with Crippen molar-refractivity contribution >= 4 is 45.1 Å². The van der Waals surface area contributed by atoms with E-state index in [1.54, 1.807) is 25.1 Å². The Morgan fingerprint density at radius 2 is 1.97 bits per heavy atom. The highest BCUT2D eigenvalue weighted by Gasteiger charge is 2.20. The van der Waals surface area contributed by atoms with Gasteiger partial charge in [-0.2, -0.15) is 0 Å². The molecule has 0 saturated heterocycles. The number of halogens is 1. The molecule has 4 rings (SSSR count). The van der Waals surface area contributed by atoms with Crippen LogP contribution in [-0.4, -0.2) is 29.1 Å². The second-order valence-corrected chi connectivity index (χ2v) is 7.09. The maximum atomic E-state index is 12.6. The predicted octanol–water partition coefficient (Wildman–Crippen LogP) is 4.49. The van der Waals surface area contributed by atoms with Crippen molar-refractivity contribution in [1.29, 1.82) is 0 Å². The molecule has 0 amide bonds. The molecule has 6 nitrogen and oxygen atoms in total. The van der Waals surface area contributed by atoms with Gasteiger partial charge in [-0.3, -0.25) is 4.79 Å². The van der Waals surface area contributed by atoms with Crippen LogP contribution in [0.15, 0.2) is 53.5 Å². The van der Waals surface area contributed by atoms with Crippen molar-refractivity contribution in [1.82, 2.24) is 9.97 Å². The number of carbonyl (C=O) groups excluding carboxylic acids is 1. The number of hydrogen-bond acceptors (Lipinski definition) is 4. The fourth-order valence-electron chi connectivity index (χ4n) is 3.51. The molecule has 2 aromatic carbocycles. The molecule has 0 fully saturated rings. The lowest BCUT2D eigenvalue weighted by Crippen LogP contribution is -2.23. The molecule has 0 radical (unpaired) electrons. The van der Waals surface area contributed by atoms with Crippen molar-refractivity contribution in [2.45, 2.75) is 13.3 Å². The molecule has 0 atom stereocenters. The van der Waals surface area contributed by atoms with Crippen LogP contribution in [0.3, 0.4) is 0 Å². The largest absolute Gasteiger partial charge is 0.462 e. The molecule has 2 aromatic heterocycles. The summed E-state index contributed by atoms with van der Waals surface area (Å²) in [5.41, 5.74) is 2.71. The number of benzene rings is 2. The average Bonchev–Trinajstić information content (AvgIpc) is 3.11. The Bertz CT molecular complexity index is 1260. The lowest BCUT2D eigenvalue weighted by molar-refractivity contribution is 0.0525. The average molecular weight is 410 g/mol. The third-order valence-corrected chi connectivity index (χ3v) is 5.06. The molecule has 2 heterocycles. The van der Waals surface area contributed by atoms with Gasteiger partial charge in [0.25, 0.3) is 5.56 Å². The number of ether oxygens (including phenoxy) is 1. The van der Waals surface area contributed by atoms with E-state index in [2.05, 4.69) is 21.4 Å². The van der Waals surface area contributed by atoms with E-state index in [0.29, 0.717) is 34.6 Å². The molecular weight excluding hydrogens is 390 g/mol. The third kappa shape index (κ3) is 3.71. The molecule has 4 aromatic rings. The normalized spacial score (nSPS) is 11.1. The standard InChI is InChI=1S/C22H20ClN3O3/c1-2-29-22(28)19-20(16-8-7-14(23)11-18(16)26-21(19)27)24-10-9-13-12-25-17-6-4-3-5-15(13)17/h3-8,11-12,25H,2,9-10H2,1H3,(H2,24,26,27). The van der Waals surface area contributed by atoms with Crippen molar-refractivity contribution < 1.29 is 9.53 Å². The summed E-state index contributed by atoms with van der Waals surface area (Å²) in [6, 6.07) is 13.2. The lowest BCUT2D eigenvalue weighted by atomic mass is 10.1. The van der Waals surface area contributed by atoms with E-state index in [-0.39, 0.29) is 12.2 Å². The van der Waals surface area contributed by atoms with Crippen LogP contribution < -0.4 is 10.9 Å². The molecule has 0 saturated carbocycles. The van der Waals surface area contributed by atoms with Gasteiger partial charge in [-0.15, -0.1) is 0 Å². The van der Waals surface area contributed by atoms with Crippen LogP contribution in [0, 0.1) is 0 Å². The molecule has 0 aliphatic carbocycles. The summed E-state index contributed by atoms with van der Waals surface area (Å²) in [6.07, 6.45) is 2.70. The van der Waals surface area contributed by atoms with E-state index < -0.39 is 11.5 Å². The Morgan fingerprint density at radius 1 is 1.14 bits per heavy atom. The molecule has 7 heteroatoms. The number of H-pyrrole nitrogens is 2. The van der Waals surface area contributed by atoms with Gasteiger partial charge in [-0.05, 0) is 43.2 Å². The van der Waals surface area contributed by atoms with Gasteiger partial charge < -0.3 is 20.0 Å². The van der Waals surface area contributed by atoms with Crippen molar-refractivity contribution in [3.8, 4) is 0 Å². The van der Waals surface area contributed by atoms with E-state index in [1.165, 1.54) is 0 Å². The maximum Gasteiger partial charge on any atom is 0.345 e. The summed E-state index contributed by atoms with van der Waals surface area (Å²) in [7, 11) is 0. The Kier molecular flexibility index (Phi) is 5.27. The van der Waals surface area contributed by atoms with Gasteiger partial charge in [-0.25, -0.2) is 4.79 Å². The number of aromatic amines is 2. The first-order valence-electron chi connectivity index (χ1n) is 9.40. The molecule has 0 unspecified atom stereocenters. The number of hydrogen-bond donors (Lipinski definition) is 3. The Morgan fingerprint density at radius 3 is 2.79 bits per heavy atom. The van der Waals surface area contributed by atoms with E-state index in [0.717, 1.165) is 16.5 Å². The highest BCUT2D eigenvalue weighted by atomic mass is 35.5. The summed E-state index contributed by atoms with van der Waals surface area (Å²) in [5, 5.41) is 5.64. The minimum Gasteiger partial charge on any atom is -0.462 e. The fraction of sp³-hybridized carbons (Fsp3) is 0.182. The molecule has 0 bridgehead atoms. The lowest BCUT2D eigenvalue weighted by Gasteiger charge is -2.14. The summed E-state index contributed by atoms with van der Waals surface area (Å²) >= 11 is 6.07. The number of fused-ring (bicyclic) bond motifs is 2. The number of rotatable bonds is 6. The number of para-hydroxylation sites is 1. The minimum atomic E-state index is -0.653. The summed E-state index contributed by atoms with van der Waals surface area (Å²) in [5.74, 6) is -0.653. The first-order valence-corrected chi connectivity index (χ1v) is 9.77. The monoisotopic (exact) mass is 409 g/mol. The SMILES string of the molecule is CCOC(=O)c1c(NCCc2c[nH]c3ccccc23)c2ccc(Cl)cc2[nH]c1=O. The number of aromatic nitrogens is 2. The third-order valence-electron chi connectivity index (χ3n) is 4.83. The maximum absolute atomic E-state index is 12.6. The highest BCUT2D eigenvalue weighted by Crippen LogP contribution is 2.27. The van der Waals surface area contributed by atoms with Crippen LogP contribution in [-0.2, 0) is 11.2 Å². The zero-order chi connectivity index (χ0) is 20.4. The van der Waals surface area contributed by atoms with Crippen molar-refractivity contribution in [2.75, 3.05) is 18.5 Å². The molecule has 29 heavy (non-hydrogen) atoms. The molecule has 0 aliphatic heterocycles. The first kappa shape index (κ1) is 19.1. The summed E-state index contributed by atoms with van der Waals surface area (Å²) < 4.78 is 5.10. The van der Waals surface area contributed by atoms with Crippen LogP contribution in [0.5, 0.6) is 0 Å². The van der Waals surface area contributed by atoms with Gasteiger partial charge in [-0.1, -0.05) is 29.8 Å². The van der Waals surface area contributed by atoms with E-state index in [1.807, 2.05) is 24.4 Å². The van der Waals surface area contributed by atoms with Crippen LogP contribution in [0.4, 0.5) is 5.69 Å². The van der Waals surface area contributed by atoms with E-state index in [4.69, 9.17) is 16.3 Å². The van der Waals surface area contributed by atoms with Gasteiger partial charge in [0.05, 0.1) is 17.8 Å². The van der Waals surface area contributed by atoms with Gasteiger partial charge >= 0.3 is 5.97 Å². The van der Waals surface area contributed by atoms with E-state index in [9.17, 15) is 9.59 Å². The zero-order valence-corrected chi connectivity index (χ0v) is 16.6. The highest BCUT2D eigenvalue weighted by molar-refractivity contribution is 6.31. The predicted molar refractivity (Wildman–Crippen MR) is 116 cm³/mol. The second kappa shape index (κ2) is 8.01. The summed E-state index contributed by atoms with van der Waals surface area (Å²) in [6.45, 7) is 2.43. The van der Waals surface area contributed by atoms with Crippen molar-refractivity contribution in [3.05, 3.63) is 75.2 Å². The Labute approximate surface area is 171 Å². The molecule has 148 valence electrons. The number of carbonyl (C=O) groups is 1. The molecule has 0 aliphatic rings.